The number of hydrogen-bond donors (Lipinski definition) is 0. The molecule has 0 spiro atoms. The van der Waals surface area contributed by atoms with E-state index in [4.69, 9.17) is 4.42 Å². The smallest absolute Gasteiger partial charge is 0.143 e. The Morgan fingerprint density at radius 1 is 0.275 bits per heavy atom. The summed E-state index contributed by atoms with van der Waals surface area (Å²) in [5.41, 5.74) is 6.51. The SMILES string of the molecule is c1ccc2cc3c(cc2c1)oc1c(-c2ccc4c(ccc5ccc6ccccc6c54)c2)cc(-c2ccc4ccc5cccc6ccc2c4c56)cc13. The van der Waals surface area contributed by atoms with E-state index >= 15 is 0 Å². The highest BCUT2D eigenvalue weighted by molar-refractivity contribution is 6.26. The quantitative estimate of drug-likeness (QED) is 0.171. The van der Waals surface area contributed by atoms with E-state index in [-0.39, 0.29) is 0 Å². The van der Waals surface area contributed by atoms with Gasteiger partial charge in [-0.2, -0.15) is 0 Å². The van der Waals surface area contributed by atoms with Crippen LogP contribution in [0.3, 0.4) is 0 Å². The summed E-state index contributed by atoms with van der Waals surface area (Å²) in [6.45, 7) is 0. The minimum Gasteiger partial charge on any atom is -0.455 e. The van der Waals surface area contributed by atoms with Crippen molar-refractivity contribution in [1.82, 2.24) is 0 Å². The molecule has 0 saturated heterocycles. The van der Waals surface area contributed by atoms with Crippen LogP contribution in [-0.2, 0) is 0 Å². The lowest BCUT2D eigenvalue weighted by molar-refractivity contribution is 0.670. The molecule has 0 unspecified atom stereocenters. The van der Waals surface area contributed by atoms with Crippen LogP contribution in [0.15, 0.2) is 174 Å². The molecule has 234 valence electrons. The molecule has 0 aliphatic heterocycles. The van der Waals surface area contributed by atoms with Crippen LogP contribution < -0.4 is 0 Å². The standard InChI is InChI=1S/C50H28O/c1-2-8-35-28-46-44(25-34(35)7-1)45-27-38(39-21-18-33-15-14-30-9-5-10-31-19-23-42(39)49(33)47(30)31)26-43(50(45)51-46)37-20-22-41-36(24-37)17-16-32-13-12-29-6-3-4-11-40(29)48(32)41/h1-28H. The molecular weight excluding hydrogens is 617 g/mol. The van der Waals surface area contributed by atoms with Crippen LogP contribution in [0.2, 0.25) is 0 Å². The molecule has 0 N–H and O–H groups in total. The zero-order valence-electron chi connectivity index (χ0n) is 27.6. The van der Waals surface area contributed by atoms with Crippen molar-refractivity contribution < 1.29 is 4.42 Å². The Morgan fingerprint density at radius 3 is 1.73 bits per heavy atom. The zero-order chi connectivity index (χ0) is 33.2. The van der Waals surface area contributed by atoms with Crippen molar-refractivity contribution in [2.45, 2.75) is 0 Å². The summed E-state index contributed by atoms with van der Waals surface area (Å²) in [5, 5.41) is 20.1. The summed E-state index contributed by atoms with van der Waals surface area (Å²) in [4.78, 5) is 0. The molecule has 0 saturated carbocycles. The second kappa shape index (κ2) is 9.94. The maximum atomic E-state index is 6.86. The molecule has 1 nitrogen and oxygen atoms in total. The van der Waals surface area contributed by atoms with Gasteiger partial charge in [-0.1, -0.05) is 140 Å². The van der Waals surface area contributed by atoms with E-state index in [0.717, 1.165) is 33.1 Å². The van der Waals surface area contributed by atoms with Gasteiger partial charge >= 0.3 is 0 Å². The van der Waals surface area contributed by atoms with Gasteiger partial charge in [0, 0.05) is 16.3 Å². The molecule has 0 bridgehead atoms. The highest BCUT2D eigenvalue weighted by Crippen LogP contribution is 2.45. The lowest BCUT2D eigenvalue weighted by atomic mass is 9.88. The van der Waals surface area contributed by atoms with E-state index in [1.165, 1.54) is 86.5 Å². The summed E-state index contributed by atoms with van der Waals surface area (Å²) in [6, 6.07) is 62.7. The number of fused-ring (bicyclic) bond motifs is 9. The minimum atomic E-state index is 0.913. The van der Waals surface area contributed by atoms with Gasteiger partial charge in [-0.25, -0.2) is 0 Å². The van der Waals surface area contributed by atoms with Gasteiger partial charge in [0.25, 0.3) is 0 Å². The van der Waals surface area contributed by atoms with Gasteiger partial charge in [-0.3, -0.25) is 0 Å². The lowest BCUT2D eigenvalue weighted by Gasteiger charge is -2.15. The normalized spacial score (nSPS) is 12.3. The average molecular weight is 645 g/mol. The van der Waals surface area contributed by atoms with Crippen LogP contribution in [0.5, 0.6) is 0 Å². The van der Waals surface area contributed by atoms with Gasteiger partial charge in [-0.05, 0) is 122 Å². The highest BCUT2D eigenvalue weighted by atomic mass is 16.3. The van der Waals surface area contributed by atoms with Crippen LogP contribution in [0.4, 0.5) is 0 Å². The van der Waals surface area contributed by atoms with Crippen molar-refractivity contribution in [3.05, 3.63) is 170 Å². The monoisotopic (exact) mass is 644 g/mol. The fourth-order valence-corrected chi connectivity index (χ4v) is 8.92. The van der Waals surface area contributed by atoms with E-state index in [2.05, 4.69) is 170 Å². The Balaban J connectivity index is 1.17. The molecule has 0 aliphatic carbocycles. The van der Waals surface area contributed by atoms with Gasteiger partial charge in [0.05, 0.1) is 0 Å². The average Bonchev–Trinajstić information content (AvgIpc) is 3.55. The molecule has 0 atom stereocenters. The molecule has 12 aromatic rings. The van der Waals surface area contributed by atoms with Crippen molar-refractivity contribution in [1.29, 1.82) is 0 Å². The second-order valence-electron chi connectivity index (χ2n) is 14.1. The Bertz CT molecular complexity index is 3400. The van der Waals surface area contributed by atoms with Crippen LogP contribution in [0, 0.1) is 0 Å². The third-order valence-electron chi connectivity index (χ3n) is 11.3. The third-order valence-corrected chi connectivity index (χ3v) is 11.3. The first kappa shape index (κ1) is 27.2. The van der Waals surface area contributed by atoms with Crippen molar-refractivity contribution in [3.63, 3.8) is 0 Å². The molecule has 12 rings (SSSR count). The van der Waals surface area contributed by atoms with Crippen molar-refractivity contribution in [3.8, 4) is 22.3 Å². The number of hydrogen-bond acceptors (Lipinski definition) is 1. The zero-order valence-corrected chi connectivity index (χ0v) is 27.6. The summed E-state index contributed by atoms with van der Waals surface area (Å²) < 4.78 is 6.86. The first-order chi connectivity index (χ1) is 25.2. The molecule has 0 amide bonds. The third kappa shape index (κ3) is 3.81. The summed E-state index contributed by atoms with van der Waals surface area (Å²) >= 11 is 0. The van der Waals surface area contributed by atoms with E-state index in [9.17, 15) is 0 Å². The number of rotatable bonds is 2. The molecule has 0 aliphatic rings. The van der Waals surface area contributed by atoms with Gasteiger partial charge in [0.1, 0.15) is 11.2 Å². The van der Waals surface area contributed by atoms with E-state index in [0.29, 0.717) is 0 Å². The summed E-state index contributed by atoms with van der Waals surface area (Å²) in [6.07, 6.45) is 0. The summed E-state index contributed by atoms with van der Waals surface area (Å²) in [7, 11) is 0. The number of furan rings is 1. The highest BCUT2D eigenvalue weighted by Gasteiger charge is 2.19. The van der Waals surface area contributed by atoms with E-state index in [1.807, 2.05) is 0 Å². The van der Waals surface area contributed by atoms with Crippen molar-refractivity contribution in [2.24, 2.45) is 0 Å². The molecule has 1 aromatic heterocycles. The Kier molecular flexibility index (Phi) is 5.29. The fraction of sp³-hybridized carbons (Fsp3) is 0. The number of benzene rings is 11. The predicted octanol–water partition coefficient (Wildman–Crippen LogP) is 14.4. The topological polar surface area (TPSA) is 13.1 Å². The molecule has 0 fully saturated rings. The maximum absolute atomic E-state index is 6.86. The molecule has 0 radical (unpaired) electrons. The molecule has 11 aromatic carbocycles. The van der Waals surface area contributed by atoms with E-state index < -0.39 is 0 Å². The van der Waals surface area contributed by atoms with Crippen LogP contribution in [-0.4, -0.2) is 0 Å². The van der Waals surface area contributed by atoms with Gasteiger partial charge in [-0.15, -0.1) is 0 Å². The van der Waals surface area contributed by atoms with E-state index in [1.54, 1.807) is 0 Å². The Hall–Kier alpha value is -6.70. The van der Waals surface area contributed by atoms with Crippen LogP contribution in [0.1, 0.15) is 0 Å². The van der Waals surface area contributed by atoms with Gasteiger partial charge in [0.15, 0.2) is 0 Å². The van der Waals surface area contributed by atoms with Crippen molar-refractivity contribution >= 4 is 97.3 Å². The maximum Gasteiger partial charge on any atom is 0.143 e. The molecule has 1 heteroatoms. The Labute approximate surface area is 292 Å². The molecule has 1 heterocycles. The van der Waals surface area contributed by atoms with Gasteiger partial charge < -0.3 is 4.42 Å². The lowest BCUT2D eigenvalue weighted by Crippen LogP contribution is -1.89. The fourth-order valence-electron chi connectivity index (χ4n) is 8.92. The van der Waals surface area contributed by atoms with Crippen molar-refractivity contribution in [2.75, 3.05) is 0 Å². The first-order valence-electron chi connectivity index (χ1n) is 17.7. The largest absolute Gasteiger partial charge is 0.455 e. The molecular formula is C50H28O. The van der Waals surface area contributed by atoms with Crippen LogP contribution >= 0.6 is 0 Å². The first-order valence-corrected chi connectivity index (χ1v) is 17.7. The minimum absolute atomic E-state index is 0.913. The Morgan fingerprint density at radius 2 is 0.882 bits per heavy atom. The van der Waals surface area contributed by atoms with Gasteiger partial charge in [0.2, 0.25) is 0 Å². The predicted molar refractivity (Wildman–Crippen MR) is 218 cm³/mol. The molecule has 51 heavy (non-hydrogen) atoms. The summed E-state index contributed by atoms with van der Waals surface area (Å²) in [5.74, 6) is 0. The van der Waals surface area contributed by atoms with Crippen LogP contribution in [0.25, 0.3) is 120 Å². The second-order valence-corrected chi connectivity index (χ2v) is 14.1.